The fourth-order valence-electron chi connectivity index (χ4n) is 1.93. The Morgan fingerprint density at radius 3 is 2.52 bits per heavy atom. The van der Waals surface area contributed by atoms with Gasteiger partial charge in [-0.3, -0.25) is 4.79 Å². The first-order chi connectivity index (χ1) is 10.7. The number of alkyl halides is 3. The van der Waals surface area contributed by atoms with Crippen molar-refractivity contribution in [2.75, 3.05) is 0 Å². The Hall–Kier alpha value is -1.88. The molecule has 11 heteroatoms. The molecule has 6 nitrogen and oxygen atoms in total. The molecule has 0 atom stereocenters. The largest absolute Gasteiger partial charge is 0.448 e. The summed E-state index contributed by atoms with van der Waals surface area (Å²) in [5.41, 5.74) is 3.39. The van der Waals surface area contributed by atoms with Crippen LogP contribution in [0, 0.1) is 0 Å². The van der Waals surface area contributed by atoms with Crippen LogP contribution in [-0.2, 0) is 6.18 Å². The van der Waals surface area contributed by atoms with Crippen molar-refractivity contribution in [3.63, 3.8) is 0 Å². The van der Waals surface area contributed by atoms with Gasteiger partial charge in [0.05, 0.1) is 4.47 Å². The lowest BCUT2D eigenvalue weighted by Gasteiger charge is -2.10. The highest BCUT2D eigenvalue weighted by Crippen LogP contribution is 2.35. The van der Waals surface area contributed by atoms with Gasteiger partial charge in [0.25, 0.3) is 5.91 Å². The van der Waals surface area contributed by atoms with Crippen LogP contribution in [0.4, 0.5) is 13.2 Å². The Morgan fingerprint density at radius 1 is 1.30 bits per heavy atom. The third-order valence-corrected chi connectivity index (χ3v) is 4.04. The Kier molecular flexibility index (Phi) is 3.71. The van der Waals surface area contributed by atoms with Gasteiger partial charge in [-0.25, -0.2) is 9.50 Å². The van der Waals surface area contributed by atoms with E-state index < -0.39 is 17.8 Å². The summed E-state index contributed by atoms with van der Waals surface area (Å²) >= 11 is 6.08. The molecule has 2 N–H and O–H groups in total. The number of nitrogens with two attached hydrogens (primary N) is 1. The van der Waals surface area contributed by atoms with Gasteiger partial charge in [-0.15, -0.1) is 0 Å². The zero-order valence-electron chi connectivity index (χ0n) is 10.9. The molecule has 0 radical (unpaired) electrons. The van der Waals surface area contributed by atoms with Gasteiger partial charge < -0.3 is 10.2 Å². The number of amides is 1. The molecule has 0 aliphatic heterocycles. The number of hydrogen-bond acceptors (Lipinski definition) is 4. The summed E-state index contributed by atoms with van der Waals surface area (Å²) in [6, 6.07) is 3.76. The minimum Gasteiger partial charge on any atom is -0.448 e. The number of nitrogens with zero attached hydrogens (tertiary/aromatic N) is 3. The van der Waals surface area contributed by atoms with Crippen molar-refractivity contribution >= 4 is 43.4 Å². The van der Waals surface area contributed by atoms with E-state index in [-0.39, 0.29) is 27.3 Å². The lowest BCUT2D eigenvalue weighted by Crippen LogP contribution is -2.15. The maximum Gasteiger partial charge on any atom is 0.433 e. The van der Waals surface area contributed by atoms with Gasteiger partial charge in [0.1, 0.15) is 5.69 Å². The smallest absolute Gasteiger partial charge is 0.433 e. The van der Waals surface area contributed by atoms with Crippen molar-refractivity contribution in [1.29, 1.82) is 0 Å². The topological polar surface area (TPSA) is 86.4 Å². The molecule has 0 unspecified atom stereocenters. The van der Waals surface area contributed by atoms with Crippen LogP contribution in [0.25, 0.3) is 17.1 Å². The molecule has 0 aliphatic carbocycles. The van der Waals surface area contributed by atoms with Crippen LogP contribution in [0.5, 0.6) is 0 Å². The normalized spacial score (nSPS) is 12.0. The number of rotatable bonds is 2. The van der Waals surface area contributed by atoms with E-state index >= 15 is 0 Å². The minimum absolute atomic E-state index is 0.0250. The highest BCUT2D eigenvalue weighted by molar-refractivity contribution is 9.10. The molecule has 0 saturated heterocycles. The fraction of sp³-hybridized carbons (Fsp3) is 0.0833. The number of hydrogen-bond donors (Lipinski definition) is 1. The summed E-state index contributed by atoms with van der Waals surface area (Å²) < 4.78 is 46.0. The van der Waals surface area contributed by atoms with Gasteiger partial charge in [-0.2, -0.15) is 18.3 Å². The van der Waals surface area contributed by atoms with E-state index in [1.54, 1.807) is 0 Å². The number of carbonyl (C=O) groups is 1. The zero-order valence-corrected chi connectivity index (χ0v) is 14.0. The highest BCUT2D eigenvalue weighted by Gasteiger charge is 2.36. The average molecular weight is 454 g/mol. The Balaban J connectivity index is 2.37. The van der Waals surface area contributed by atoms with E-state index in [4.69, 9.17) is 10.2 Å². The first-order valence-electron chi connectivity index (χ1n) is 5.90. The fourth-order valence-corrected chi connectivity index (χ4v) is 2.77. The quantitative estimate of drug-likeness (QED) is 0.641. The van der Waals surface area contributed by atoms with Crippen LogP contribution in [0.1, 0.15) is 16.2 Å². The maximum absolute atomic E-state index is 13.3. The molecular weight excluding hydrogens is 449 g/mol. The molecule has 0 aromatic carbocycles. The van der Waals surface area contributed by atoms with E-state index in [0.717, 1.165) is 6.07 Å². The summed E-state index contributed by atoms with van der Waals surface area (Å²) in [4.78, 5) is 15.4. The maximum atomic E-state index is 13.3. The van der Waals surface area contributed by atoms with Crippen molar-refractivity contribution in [2.24, 2.45) is 5.73 Å². The van der Waals surface area contributed by atoms with Crippen LogP contribution in [0.3, 0.4) is 0 Å². The number of fused-ring (bicyclic) bond motifs is 1. The number of halogens is 5. The molecule has 23 heavy (non-hydrogen) atoms. The van der Waals surface area contributed by atoms with Gasteiger partial charge in [0, 0.05) is 0 Å². The molecule has 0 saturated carbocycles. The van der Waals surface area contributed by atoms with Crippen LogP contribution < -0.4 is 5.73 Å². The Morgan fingerprint density at radius 2 is 2.00 bits per heavy atom. The predicted octanol–water partition coefficient (Wildman–Crippen LogP) is 3.63. The molecule has 0 bridgehead atoms. The minimum atomic E-state index is -4.72. The molecule has 120 valence electrons. The van der Waals surface area contributed by atoms with Crippen molar-refractivity contribution < 1.29 is 22.4 Å². The average Bonchev–Trinajstić information content (AvgIpc) is 3.01. The second-order valence-corrected chi connectivity index (χ2v) is 5.96. The third-order valence-electron chi connectivity index (χ3n) is 2.88. The third kappa shape index (κ3) is 2.74. The molecule has 0 fully saturated rings. The molecule has 1 amide bonds. The number of carbonyl (C=O) groups excluding carboxylic acids is 1. The summed E-state index contributed by atoms with van der Waals surface area (Å²) in [6.07, 6.45) is -4.72. The van der Waals surface area contributed by atoms with Crippen molar-refractivity contribution in [2.45, 2.75) is 6.18 Å². The summed E-state index contributed by atoms with van der Waals surface area (Å²) in [5.74, 6) is -0.851. The molecule has 0 aliphatic rings. The second kappa shape index (κ2) is 5.34. The standard InChI is InChI=1S/C12H5Br2F3N4O2/c13-7-2-1-5(23-7)4-3-6(12(15,16)17)21-11(19-4)8(14)9(20-21)10(18)22/h1-3H,(H2,18,22). The van der Waals surface area contributed by atoms with E-state index in [1.807, 2.05) is 0 Å². The van der Waals surface area contributed by atoms with E-state index in [9.17, 15) is 18.0 Å². The lowest BCUT2D eigenvalue weighted by atomic mass is 10.2. The molecule has 3 heterocycles. The van der Waals surface area contributed by atoms with Crippen LogP contribution >= 0.6 is 31.9 Å². The first-order valence-corrected chi connectivity index (χ1v) is 7.49. The Bertz CT molecular complexity index is 932. The summed E-state index contributed by atoms with van der Waals surface area (Å²) in [6.45, 7) is 0. The summed E-state index contributed by atoms with van der Waals surface area (Å²) in [5, 5.41) is 3.59. The van der Waals surface area contributed by atoms with E-state index in [0.29, 0.717) is 9.18 Å². The first kappa shape index (κ1) is 16.0. The lowest BCUT2D eigenvalue weighted by molar-refractivity contribution is -0.142. The van der Waals surface area contributed by atoms with Crippen molar-refractivity contribution in [1.82, 2.24) is 14.6 Å². The monoisotopic (exact) mass is 452 g/mol. The van der Waals surface area contributed by atoms with Crippen molar-refractivity contribution in [3.05, 3.63) is 38.7 Å². The molecule has 3 aromatic heterocycles. The van der Waals surface area contributed by atoms with Gasteiger partial charge >= 0.3 is 6.18 Å². The van der Waals surface area contributed by atoms with Gasteiger partial charge in [-0.05, 0) is 50.1 Å². The van der Waals surface area contributed by atoms with Crippen LogP contribution in [0.15, 0.2) is 31.8 Å². The SMILES string of the molecule is NC(=O)c1nn2c(C(F)(F)F)cc(-c3ccc(Br)o3)nc2c1Br. The van der Waals surface area contributed by atoms with Gasteiger partial charge in [0.2, 0.25) is 0 Å². The molecular formula is C12H5Br2F3N4O2. The van der Waals surface area contributed by atoms with Crippen LogP contribution in [0.2, 0.25) is 0 Å². The Labute approximate surface area is 142 Å². The second-order valence-electron chi connectivity index (χ2n) is 4.39. The van der Waals surface area contributed by atoms with Gasteiger partial charge in [-0.1, -0.05) is 0 Å². The van der Waals surface area contributed by atoms with Crippen LogP contribution in [-0.4, -0.2) is 20.5 Å². The van der Waals surface area contributed by atoms with E-state index in [1.165, 1.54) is 12.1 Å². The number of aromatic nitrogens is 3. The van der Waals surface area contributed by atoms with Gasteiger partial charge in [0.15, 0.2) is 27.5 Å². The zero-order chi connectivity index (χ0) is 16.9. The summed E-state index contributed by atoms with van der Waals surface area (Å²) in [7, 11) is 0. The number of furan rings is 1. The molecule has 0 spiro atoms. The van der Waals surface area contributed by atoms with E-state index in [2.05, 4.69) is 41.9 Å². The molecule has 3 rings (SSSR count). The molecule has 3 aromatic rings. The number of primary amides is 1. The predicted molar refractivity (Wildman–Crippen MR) is 79.6 cm³/mol. The van der Waals surface area contributed by atoms with Crippen molar-refractivity contribution in [3.8, 4) is 11.5 Å². The highest BCUT2D eigenvalue weighted by atomic mass is 79.9.